The Hall–Kier alpha value is -2.57. The summed E-state index contributed by atoms with van der Waals surface area (Å²) in [5.74, 6) is -1.55. The van der Waals surface area contributed by atoms with Gasteiger partial charge in [-0.05, 0) is 17.4 Å². The highest BCUT2D eigenvalue weighted by molar-refractivity contribution is 7.09. The number of thiophene rings is 1. The van der Waals surface area contributed by atoms with Crippen LogP contribution in [0.4, 0.5) is 19.0 Å². The first-order chi connectivity index (χ1) is 14.7. The molecule has 2 fully saturated rings. The van der Waals surface area contributed by atoms with Gasteiger partial charge in [-0.25, -0.2) is 9.78 Å². The molecule has 0 aromatic carbocycles. The Bertz CT molecular complexity index is 867. The van der Waals surface area contributed by atoms with Gasteiger partial charge in [-0.1, -0.05) is 6.07 Å². The summed E-state index contributed by atoms with van der Waals surface area (Å²) in [6.07, 6.45) is 0.379. The minimum Gasteiger partial charge on any atom is -0.475 e. The van der Waals surface area contributed by atoms with Gasteiger partial charge in [-0.2, -0.15) is 13.2 Å². The zero-order chi connectivity index (χ0) is 22.4. The number of rotatable bonds is 5. The summed E-state index contributed by atoms with van der Waals surface area (Å²) in [5.41, 5.74) is 0. The van der Waals surface area contributed by atoms with Gasteiger partial charge in [0.05, 0.1) is 18.9 Å². The van der Waals surface area contributed by atoms with E-state index in [1.165, 1.54) is 4.88 Å². The number of carbonyl (C=O) groups is 2. The number of hydrogen-bond donors (Lipinski definition) is 2. The number of nitrogens with one attached hydrogen (secondary N) is 1. The Morgan fingerprint density at radius 2 is 2.10 bits per heavy atom. The molecule has 2 aromatic rings. The van der Waals surface area contributed by atoms with Crippen LogP contribution in [0.2, 0.25) is 0 Å². The molecule has 0 radical (unpaired) electrons. The van der Waals surface area contributed by atoms with E-state index in [9.17, 15) is 18.0 Å². The van der Waals surface area contributed by atoms with Crippen LogP contribution in [-0.2, 0) is 20.9 Å². The van der Waals surface area contributed by atoms with Crippen molar-refractivity contribution >= 4 is 29.0 Å². The van der Waals surface area contributed by atoms with Crippen LogP contribution in [0.1, 0.15) is 11.3 Å². The Balaban J connectivity index is 0.000000339. The monoisotopic (exact) mass is 458 g/mol. The first-order valence-corrected chi connectivity index (χ1v) is 10.3. The second-order valence-electron chi connectivity index (χ2n) is 7.22. The van der Waals surface area contributed by atoms with E-state index in [4.69, 9.17) is 14.6 Å². The highest BCUT2D eigenvalue weighted by Gasteiger charge is 2.44. The van der Waals surface area contributed by atoms with Crippen molar-refractivity contribution in [3.8, 4) is 0 Å². The Kier molecular flexibility index (Phi) is 7.57. The maximum absolute atomic E-state index is 12.2. The van der Waals surface area contributed by atoms with Crippen molar-refractivity contribution in [2.45, 2.75) is 25.2 Å². The average Bonchev–Trinajstić information content (AvgIpc) is 3.42. The molecule has 3 atom stereocenters. The average molecular weight is 458 g/mol. The molecule has 31 heavy (non-hydrogen) atoms. The minimum absolute atomic E-state index is 0.0125. The summed E-state index contributed by atoms with van der Waals surface area (Å²) in [6, 6.07) is 4.26. The summed E-state index contributed by atoms with van der Waals surface area (Å²) < 4.78 is 37.7. The molecule has 2 aliphatic rings. The van der Waals surface area contributed by atoms with E-state index in [0.717, 1.165) is 19.6 Å². The third-order valence-corrected chi connectivity index (χ3v) is 5.86. The molecule has 12 heteroatoms. The van der Waals surface area contributed by atoms with Crippen molar-refractivity contribution in [2.75, 3.05) is 25.0 Å². The maximum Gasteiger partial charge on any atom is 0.490 e. The lowest BCUT2D eigenvalue weighted by molar-refractivity contribution is -0.192. The molecule has 2 aliphatic heterocycles. The van der Waals surface area contributed by atoms with Crippen LogP contribution in [-0.4, -0.2) is 63.8 Å². The third kappa shape index (κ3) is 6.71. The van der Waals surface area contributed by atoms with Gasteiger partial charge in [0.25, 0.3) is 0 Å². The molecule has 0 spiro atoms. The second-order valence-corrected chi connectivity index (χ2v) is 8.25. The summed E-state index contributed by atoms with van der Waals surface area (Å²) in [4.78, 5) is 33.0. The molecule has 0 aliphatic carbocycles. The standard InChI is InChI=1S/C17H20N4O2S.C2HF3O2/c22-17(20-16-7-18-3-4-19-16)6-12-11-23-15-10-21(9-14(12)15)8-13-2-1-5-24-13;3-2(4,5)1(6)7/h1-5,7,12,14-15H,6,8-11H2,(H,19,20,22);(H,6,7)/t12-,14-,15-;/m1./s1. The van der Waals surface area contributed by atoms with E-state index in [1.54, 1.807) is 29.9 Å². The van der Waals surface area contributed by atoms with Gasteiger partial charge in [0, 0.05) is 49.2 Å². The van der Waals surface area contributed by atoms with E-state index in [-0.39, 0.29) is 17.9 Å². The molecule has 2 N–H and O–H groups in total. The van der Waals surface area contributed by atoms with E-state index >= 15 is 0 Å². The van der Waals surface area contributed by atoms with E-state index in [2.05, 4.69) is 37.7 Å². The first-order valence-electron chi connectivity index (χ1n) is 9.44. The summed E-state index contributed by atoms with van der Waals surface area (Å²) in [5, 5.41) is 12.1. The fourth-order valence-corrected chi connectivity index (χ4v) is 4.38. The number of ether oxygens (including phenoxy) is 1. The molecular formula is C19H21F3N4O4S. The predicted octanol–water partition coefficient (Wildman–Crippen LogP) is 2.65. The molecular weight excluding hydrogens is 437 g/mol. The number of anilines is 1. The normalized spacial score (nSPS) is 23.0. The lowest BCUT2D eigenvalue weighted by Gasteiger charge is -2.18. The van der Waals surface area contributed by atoms with E-state index in [1.807, 2.05) is 0 Å². The summed E-state index contributed by atoms with van der Waals surface area (Å²) in [6.45, 7) is 3.62. The number of halogens is 3. The largest absolute Gasteiger partial charge is 0.490 e. The molecule has 4 rings (SSSR count). The molecule has 1 amide bonds. The number of amides is 1. The number of hydrogen-bond acceptors (Lipinski definition) is 7. The number of aromatic nitrogens is 2. The zero-order valence-electron chi connectivity index (χ0n) is 16.3. The van der Waals surface area contributed by atoms with Crippen LogP contribution in [0.3, 0.4) is 0 Å². The van der Waals surface area contributed by atoms with Crippen molar-refractivity contribution in [2.24, 2.45) is 11.8 Å². The molecule has 0 bridgehead atoms. The lowest BCUT2D eigenvalue weighted by Crippen LogP contribution is -2.26. The number of nitrogens with zero attached hydrogens (tertiary/aromatic N) is 3. The SMILES string of the molecule is O=C(C[C@@H]1CO[C@@H]2CN(Cc3cccs3)C[C@H]12)Nc1cnccn1.O=C(O)C(F)(F)F. The molecule has 2 saturated heterocycles. The van der Waals surface area contributed by atoms with Gasteiger partial charge < -0.3 is 15.2 Å². The minimum atomic E-state index is -5.08. The van der Waals surface area contributed by atoms with Crippen molar-refractivity contribution in [1.29, 1.82) is 0 Å². The Labute approximate surface area is 180 Å². The topological polar surface area (TPSA) is 105 Å². The lowest BCUT2D eigenvalue weighted by atomic mass is 9.90. The number of carboxylic acids is 1. The van der Waals surface area contributed by atoms with Gasteiger partial charge in [-0.3, -0.25) is 14.7 Å². The van der Waals surface area contributed by atoms with Crippen molar-refractivity contribution in [3.05, 3.63) is 41.0 Å². The quantitative estimate of drug-likeness (QED) is 0.710. The number of fused-ring (bicyclic) bond motifs is 1. The molecule has 0 unspecified atom stereocenters. The summed E-state index contributed by atoms with van der Waals surface area (Å²) >= 11 is 1.79. The van der Waals surface area contributed by atoms with Gasteiger partial charge in [-0.15, -0.1) is 11.3 Å². The number of likely N-dealkylation sites (tertiary alicyclic amines) is 1. The van der Waals surface area contributed by atoms with Crippen LogP contribution in [0.15, 0.2) is 36.1 Å². The van der Waals surface area contributed by atoms with Crippen LogP contribution in [0.25, 0.3) is 0 Å². The van der Waals surface area contributed by atoms with Crippen LogP contribution in [0.5, 0.6) is 0 Å². The van der Waals surface area contributed by atoms with Gasteiger partial charge in [0.2, 0.25) is 5.91 Å². The van der Waals surface area contributed by atoms with Crippen molar-refractivity contribution < 1.29 is 32.6 Å². The number of carboxylic acid groups (broad SMARTS) is 1. The van der Waals surface area contributed by atoms with Gasteiger partial charge >= 0.3 is 12.1 Å². The number of carbonyl (C=O) groups excluding carboxylic acids is 1. The van der Waals surface area contributed by atoms with Crippen LogP contribution < -0.4 is 5.32 Å². The Morgan fingerprint density at radius 1 is 1.32 bits per heavy atom. The molecule has 2 aromatic heterocycles. The predicted molar refractivity (Wildman–Crippen MR) is 105 cm³/mol. The second kappa shape index (κ2) is 10.2. The molecule has 4 heterocycles. The fourth-order valence-electron chi connectivity index (χ4n) is 3.64. The van der Waals surface area contributed by atoms with Crippen LogP contribution in [0, 0.1) is 11.8 Å². The third-order valence-electron chi connectivity index (χ3n) is 4.99. The van der Waals surface area contributed by atoms with Gasteiger partial charge in [0.1, 0.15) is 0 Å². The zero-order valence-corrected chi connectivity index (χ0v) is 17.1. The van der Waals surface area contributed by atoms with Crippen molar-refractivity contribution in [3.63, 3.8) is 0 Å². The van der Waals surface area contributed by atoms with Gasteiger partial charge in [0.15, 0.2) is 5.82 Å². The highest BCUT2D eigenvalue weighted by atomic mass is 32.1. The fraction of sp³-hybridized carbons (Fsp3) is 0.474. The van der Waals surface area contributed by atoms with E-state index < -0.39 is 12.1 Å². The van der Waals surface area contributed by atoms with E-state index in [0.29, 0.717) is 24.8 Å². The first kappa shape index (κ1) is 23.1. The number of aliphatic carboxylic acids is 1. The Morgan fingerprint density at radius 3 is 2.71 bits per heavy atom. The molecule has 168 valence electrons. The number of alkyl halides is 3. The highest BCUT2D eigenvalue weighted by Crippen LogP contribution is 2.36. The molecule has 0 saturated carbocycles. The molecule has 8 nitrogen and oxygen atoms in total. The summed E-state index contributed by atoms with van der Waals surface area (Å²) in [7, 11) is 0. The smallest absolute Gasteiger partial charge is 0.475 e. The van der Waals surface area contributed by atoms with Crippen molar-refractivity contribution in [1.82, 2.24) is 14.9 Å². The van der Waals surface area contributed by atoms with Crippen LogP contribution >= 0.6 is 11.3 Å². The maximum atomic E-state index is 12.2.